The Bertz CT molecular complexity index is 505. The Balaban J connectivity index is 2.68. The van der Waals surface area contributed by atoms with Gasteiger partial charge in [0.15, 0.2) is 0 Å². The van der Waals surface area contributed by atoms with Crippen molar-refractivity contribution in [2.45, 2.75) is 0 Å². The molecule has 76 valence electrons. The number of anilines is 1. The van der Waals surface area contributed by atoms with Crippen molar-refractivity contribution in [2.24, 2.45) is 5.73 Å². The molecule has 1 aromatic heterocycles. The van der Waals surface area contributed by atoms with E-state index in [-0.39, 0.29) is 0 Å². The zero-order valence-corrected chi connectivity index (χ0v) is 8.22. The number of nitrogens with two attached hydrogens (primary N) is 2. The van der Waals surface area contributed by atoms with Crippen LogP contribution in [0.3, 0.4) is 0 Å². The summed E-state index contributed by atoms with van der Waals surface area (Å²) in [6.45, 7) is 0.482. The van der Waals surface area contributed by atoms with Gasteiger partial charge in [0, 0.05) is 30.2 Å². The van der Waals surface area contributed by atoms with Gasteiger partial charge in [-0.1, -0.05) is 12.2 Å². The lowest BCUT2D eigenvalue weighted by molar-refractivity contribution is 1.26. The molecule has 1 heterocycles. The van der Waals surface area contributed by atoms with Gasteiger partial charge in [-0.05, 0) is 12.1 Å². The molecule has 4 N–H and O–H groups in total. The van der Waals surface area contributed by atoms with E-state index in [9.17, 15) is 0 Å². The Hall–Kier alpha value is -1.94. The van der Waals surface area contributed by atoms with Crippen molar-refractivity contribution in [2.75, 3.05) is 12.3 Å². The summed E-state index contributed by atoms with van der Waals surface area (Å²) in [5, 5.41) is 0. The quantitative estimate of drug-likeness (QED) is 0.714. The van der Waals surface area contributed by atoms with Crippen LogP contribution >= 0.6 is 0 Å². The predicted octanol–water partition coefficient (Wildman–Crippen LogP) is 1.18. The van der Waals surface area contributed by atoms with Crippen LogP contribution in [0.25, 0.3) is 17.1 Å². The maximum absolute atomic E-state index is 5.87. The van der Waals surface area contributed by atoms with Gasteiger partial charge in [0.1, 0.15) is 0 Å². The van der Waals surface area contributed by atoms with E-state index >= 15 is 0 Å². The summed E-state index contributed by atoms with van der Waals surface area (Å²) in [6, 6.07) is 3.69. The molecule has 0 spiro atoms. The molecule has 15 heavy (non-hydrogen) atoms. The summed E-state index contributed by atoms with van der Waals surface area (Å²) in [7, 11) is 0. The summed E-state index contributed by atoms with van der Waals surface area (Å²) < 4.78 is 0. The minimum atomic E-state index is 0.482. The summed E-state index contributed by atoms with van der Waals surface area (Å²) in [4.78, 5) is 8.47. The highest BCUT2D eigenvalue weighted by Crippen LogP contribution is 2.21. The second kappa shape index (κ2) is 4.06. The Morgan fingerprint density at radius 2 is 2.00 bits per heavy atom. The second-order valence-corrected chi connectivity index (χ2v) is 3.13. The average Bonchev–Trinajstić information content (AvgIpc) is 2.28. The molecule has 0 aliphatic rings. The molecule has 4 nitrogen and oxygen atoms in total. The van der Waals surface area contributed by atoms with Crippen molar-refractivity contribution in [3.63, 3.8) is 0 Å². The van der Waals surface area contributed by atoms with Gasteiger partial charge in [0.05, 0.1) is 11.0 Å². The molecule has 0 atom stereocenters. The van der Waals surface area contributed by atoms with Crippen molar-refractivity contribution < 1.29 is 0 Å². The van der Waals surface area contributed by atoms with Crippen LogP contribution in [0.4, 0.5) is 5.69 Å². The zero-order chi connectivity index (χ0) is 10.7. The first kappa shape index (κ1) is 9.61. The van der Waals surface area contributed by atoms with Crippen molar-refractivity contribution in [1.29, 1.82) is 0 Å². The molecule has 0 radical (unpaired) electrons. The average molecular weight is 200 g/mol. The minimum absolute atomic E-state index is 0.482. The summed E-state index contributed by atoms with van der Waals surface area (Å²) in [5.74, 6) is 0. The van der Waals surface area contributed by atoms with E-state index in [0.29, 0.717) is 12.2 Å². The first-order valence-corrected chi connectivity index (χ1v) is 4.68. The molecular formula is C11H12N4. The topological polar surface area (TPSA) is 77.8 Å². The highest BCUT2D eigenvalue weighted by Gasteiger charge is 2.03. The Kier molecular flexibility index (Phi) is 2.60. The smallest absolute Gasteiger partial charge is 0.0979 e. The molecular weight excluding hydrogens is 188 g/mol. The second-order valence-electron chi connectivity index (χ2n) is 3.13. The molecule has 0 aliphatic heterocycles. The lowest BCUT2D eigenvalue weighted by Crippen LogP contribution is -1.96. The third-order valence-electron chi connectivity index (χ3n) is 2.13. The molecule has 0 amide bonds. The highest BCUT2D eigenvalue weighted by molar-refractivity contribution is 5.89. The van der Waals surface area contributed by atoms with Gasteiger partial charge in [-0.25, -0.2) is 0 Å². The fourth-order valence-corrected chi connectivity index (χ4v) is 1.43. The van der Waals surface area contributed by atoms with Gasteiger partial charge in [-0.3, -0.25) is 9.97 Å². The van der Waals surface area contributed by atoms with Gasteiger partial charge in [0.2, 0.25) is 0 Å². The van der Waals surface area contributed by atoms with E-state index in [4.69, 9.17) is 11.5 Å². The Morgan fingerprint density at radius 1 is 1.20 bits per heavy atom. The van der Waals surface area contributed by atoms with Crippen LogP contribution in [0.15, 0.2) is 30.6 Å². The van der Waals surface area contributed by atoms with Gasteiger partial charge in [-0.15, -0.1) is 0 Å². The van der Waals surface area contributed by atoms with Crippen molar-refractivity contribution in [3.8, 4) is 0 Å². The summed E-state index contributed by atoms with van der Waals surface area (Å²) in [5.41, 5.74) is 14.5. The van der Waals surface area contributed by atoms with Crippen LogP contribution in [0, 0.1) is 0 Å². The van der Waals surface area contributed by atoms with Crippen LogP contribution in [0.1, 0.15) is 5.56 Å². The van der Waals surface area contributed by atoms with Crippen LogP contribution in [-0.4, -0.2) is 16.5 Å². The van der Waals surface area contributed by atoms with Crippen LogP contribution in [-0.2, 0) is 0 Å². The third-order valence-corrected chi connectivity index (χ3v) is 2.13. The number of hydrogen-bond donors (Lipinski definition) is 2. The van der Waals surface area contributed by atoms with E-state index in [1.54, 1.807) is 12.4 Å². The number of nitrogen functional groups attached to an aromatic ring is 1. The molecule has 1 aromatic carbocycles. The van der Waals surface area contributed by atoms with E-state index in [0.717, 1.165) is 16.6 Å². The largest absolute Gasteiger partial charge is 0.398 e. The number of hydrogen-bond acceptors (Lipinski definition) is 4. The first-order valence-electron chi connectivity index (χ1n) is 4.68. The first-order chi connectivity index (χ1) is 7.33. The maximum Gasteiger partial charge on any atom is 0.0979 e. The molecule has 0 unspecified atom stereocenters. The Morgan fingerprint density at radius 3 is 2.80 bits per heavy atom. The number of aromatic nitrogens is 2. The van der Waals surface area contributed by atoms with Crippen molar-refractivity contribution >= 4 is 22.8 Å². The monoisotopic (exact) mass is 200 g/mol. The zero-order valence-electron chi connectivity index (χ0n) is 8.22. The fraction of sp³-hybridized carbons (Fsp3) is 0.0909. The molecule has 0 aliphatic carbocycles. The number of rotatable bonds is 2. The minimum Gasteiger partial charge on any atom is -0.398 e. The van der Waals surface area contributed by atoms with E-state index in [2.05, 4.69) is 9.97 Å². The number of nitrogens with zero attached hydrogens (tertiary/aromatic N) is 2. The van der Waals surface area contributed by atoms with Gasteiger partial charge in [0.25, 0.3) is 0 Å². The van der Waals surface area contributed by atoms with Crippen LogP contribution < -0.4 is 11.5 Å². The van der Waals surface area contributed by atoms with E-state index < -0.39 is 0 Å². The van der Waals surface area contributed by atoms with Gasteiger partial charge < -0.3 is 11.5 Å². The summed E-state index contributed by atoms with van der Waals surface area (Å²) >= 11 is 0. The standard InChI is InChI=1S/C11H12N4/c12-5-1-2-8-9(13)3-4-10-11(8)15-7-6-14-10/h1-4,6-7H,5,12-13H2. The van der Waals surface area contributed by atoms with E-state index in [1.807, 2.05) is 24.3 Å². The van der Waals surface area contributed by atoms with E-state index in [1.165, 1.54) is 0 Å². The SMILES string of the molecule is NCC=Cc1c(N)ccc2nccnc12. The number of benzene rings is 1. The predicted molar refractivity (Wildman–Crippen MR) is 62.0 cm³/mol. The number of fused-ring (bicyclic) bond motifs is 1. The lowest BCUT2D eigenvalue weighted by Gasteiger charge is -2.03. The molecule has 2 rings (SSSR count). The molecule has 0 fully saturated rings. The van der Waals surface area contributed by atoms with Crippen molar-refractivity contribution in [3.05, 3.63) is 36.2 Å². The fourth-order valence-electron chi connectivity index (χ4n) is 1.43. The molecule has 0 saturated carbocycles. The maximum atomic E-state index is 5.87. The van der Waals surface area contributed by atoms with Gasteiger partial charge >= 0.3 is 0 Å². The molecule has 4 heteroatoms. The van der Waals surface area contributed by atoms with Crippen LogP contribution in [0.5, 0.6) is 0 Å². The lowest BCUT2D eigenvalue weighted by atomic mass is 10.1. The van der Waals surface area contributed by atoms with Crippen molar-refractivity contribution in [1.82, 2.24) is 9.97 Å². The Labute approximate surface area is 87.6 Å². The third kappa shape index (κ3) is 1.80. The van der Waals surface area contributed by atoms with Gasteiger partial charge in [-0.2, -0.15) is 0 Å². The highest BCUT2D eigenvalue weighted by atomic mass is 14.8. The molecule has 2 aromatic rings. The summed E-state index contributed by atoms with van der Waals surface area (Å²) in [6.07, 6.45) is 7.04. The molecule has 0 saturated heterocycles. The normalized spacial score (nSPS) is 11.3. The molecule has 0 bridgehead atoms. The van der Waals surface area contributed by atoms with Crippen LogP contribution in [0.2, 0.25) is 0 Å².